The quantitative estimate of drug-likeness (QED) is 0.322. The van der Waals surface area contributed by atoms with E-state index in [9.17, 15) is 9.90 Å². The van der Waals surface area contributed by atoms with Crippen molar-refractivity contribution in [2.24, 2.45) is 0 Å². The Morgan fingerprint density at radius 3 is 2.51 bits per heavy atom. The molecule has 0 unspecified atom stereocenters. The van der Waals surface area contributed by atoms with Gasteiger partial charge in [-0.25, -0.2) is 9.78 Å². The summed E-state index contributed by atoms with van der Waals surface area (Å²) in [5.74, 6) is 0.531. The summed E-state index contributed by atoms with van der Waals surface area (Å²) in [6.45, 7) is 4.60. The van der Waals surface area contributed by atoms with Gasteiger partial charge >= 0.3 is 5.97 Å². The lowest BCUT2D eigenvalue weighted by Gasteiger charge is -2.12. The number of fused-ring (bicyclic) bond motifs is 1. The maximum absolute atomic E-state index is 12.1. The first-order valence-corrected chi connectivity index (χ1v) is 11.7. The number of aromatic carboxylic acids is 1. The summed E-state index contributed by atoms with van der Waals surface area (Å²) < 4.78 is 2.07. The molecule has 0 aliphatic carbocycles. The highest BCUT2D eigenvalue weighted by atomic mass is 16.4. The highest BCUT2D eigenvalue weighted by Crippen LogP contribution is 2.30. The van der Waals surface area contributed by atoms with Crippen molar-refractivity contribution in [2.45, 2.75) is 39.7 Å². The molecule has 0 spiro atoms. The fourth-order valence-corrected chi connectivity index (χ4v) is 4.49. The maximum Gasteiger partial charge on any atom is 0.337 e. The van der Waals surface area contributed by atoms with Crippen LogP contribution < -0.4 is 0 Å². The van der Waals surface area contributed by atoms with Gasteiger partial charge in [-0.2, -0.15) is 5.21 Å². The molecule has 0 amide bonds. The predicted molar refractivity (Wildman–Crippen MR) is 134 cm³/mol. The van der Waals surface area contributed by atoms with Crippen molar-refractivity contribution in [2.75, 3.05) is 0 Å². The van der Waals surface area contributed by atoms with E-state index in [1.54, 1.807) is 6.07 Å². The largest absolute Gasteiger partial charge is 0.478 e. The van der Waals surface area contributed by atoms with Crippen molar-refractivity contribution in [1.82, 2.24) is 30.2 Å². The third-order valence-corrected chi connectivity index (χ3v) is 6.17. The number of unbranched alkanes of at least 4 members (excludes halogenated alkanes) is 1. The number of H-pyrrole nitrogens is 1. The van der Waals surface area contributed by atoms with Gasteiger partial charge in [-0.05, 0) is 52.9 Å². The van der Waals surface area contributed by atoms with Gasteiger partial charge in [0.2, 0.25) is 5.82 Å². The van der Waals surface area contributed by atoms with Crippen LogP contribution in [0, 0.1) is 6.92 Å². The maximum atomic E-state index is 12.1. The molecule has 2 aromatic heterocycles. The molecule has 8 nitrogen and oxygen atoms in total. The average Bonchev–Trinajstić information content (AvgIpc) is 3.51. The van der Waals surface area contributed by atoms with E-state index in [0.717, 1.165) is 58.4 Å². The van der Waals surface area contributed by atoms with Crippen LogP contribution >= 0.6 is 0 Å². The van der Waals surface area contributed by atoms with Gasteiger partial charge in [0, 0.05) is 18.5 Å². The van der Waals surface area contributed by atoms with E-state index in [1.165, 1.54) is 0 Å². The second kappa shape index (κ2) is 9.50. The van der Waals surface area contributed by atoms with Crippen LogP contribution in [-0.2, 0) is 13.0 Å². The number of hydrogen-bond acceptors (Lipinski definition) is 5. The number of carboxylic acid groups (broad SMARTS) is 1. The Labute approximate surface area is 202 Å². The Bertz CT molecular complexity index is 1490. The molecule has 0 saturated carbocycles. The predicted octanol–water partition coefficient (Wildman–Crippen LogP) is 5.28. The van der Waals surface area contributed by atoms with Crippen LogP contribution in [0.3, 0.4) is 0 Å². The topological polar surface area (TPSA) is 110 Å². The van der Waals surface area contributed by atoms with Gasteiger partial charge in [0.05, 0.1) is 16.6 Å². The zero-order chi connectivity index (χ0) is 24.4. The number of tetrazole rings is 1. The molecule has 0 aliphatic rings. The first-order chi connectivity index (χ1) is 17.0. The molecular formula is C27H26N6O2. The molecular weight excluding hydrogens is 440 g/mol. The molecule has 5 rings (SSSR count). The Hall–Kier alpha value is -4.33. The summed E-state index contributed by atoms with van der Waals surface area (Å²) in [5.41, 5.74) is 6.63. The molecule has 8 heteroatoms. The standard InChI is InChI=1S/C27H26N6O2/c1-3-4-9-24-28-23-15-17(2)14-22(27(34)35)25(23)33(24)16-18-10-12-19(13-11-18)20-7-5-6-8-21(20)26-29-31-32-30-26/h5-8,10-15H,3-4,9,16H2,1-2H3,(H,34,35)(H,29,30,31,32). The van der Waals surface area contributed by atoms with Crippen molar-refractivity contribution >= 4 is 17.0 Å². The summed E-state index contributed by atoms with van der Waals surface area (Å²) in [6.07, 6.45) is 2.85. The van der Waals surface area contributed by atoms with Crippen LogP contribution in [0.5, 0.6) is 0 Å². The molecule has 2 heterocycles. The summed E-state index contributed by atoms with van der Waals surface area (Å²) in [5, 5.41) is 24.3. The lowest BCUT2D eigenvalue weighted by atomic mass is 9.98. The zero-order valence-electron chi connectivity index (χ0n) is 19.7. The molecule has 0 radical (unpaired) electrons. The van der Waals surface area contributed by atoms with Gasteiger partial charge in [0.15, 0.2) is 0 Å². The second-order valence-corrected chi connectivity index (χ2v) is 8.68. The molecule has 0 aliphatic heterocycles. The van der Waals surface area contributed by atoms with E-state index in [-0.39, 0.29) is 0 Å². The van der Waals surface area contributed by atoms with E-state index in [0.29, 0.717) is 23.4 Å². The van der Waals surface area contributed by atoms with Crippen molar-refractivity contribution in [3.63, 3.8) is 0 Å². The van der Waals surface area contributed by atoms with Crippen LogP contribution in [0.2, 0.25) is 0 Å². The first-order valence-electron chi connectivity index (χ1n) is 11.7. The zero-order valence-corrected chi connectivity index (χ0v) is 19.7. The minimum Gasteiger partial charge on any atom is -0.478 e. The van der Waals surface area contributed by atoms with Crippen LogP contribution in [0.25, 0.3) is 33.5 Å². The highest BCUT2D eigenvalue weighted by Gasteiger charge is 2.19. The summed E-state index contributed by atoms with van der Waals surface area (Å²) in [4.78, 5) is 16.9. The van der Waals surface area contributed by atoms with Crippen molar-refractivity contribution < 1.29 is 9.90 Å². The number of benzene rings is 3. The van der Waals surface area contributed by atoms with Gasteiger partial charge < -0.3 is 9.67 Å². The molecule has 5 aromatic rings. The van der Waals surface area contributed by atoms with E-state index < -0.39 is 5.97 Å². The lowest BCUT2D eigenvalue weighted by molar-refractivity contribution is 0.0698. The number of rotatable bonds is 8. The molecule has 0 bridgehead atoms. The van der Waals surface area contributed by atoms with E-state index in [2.05, 4.69) is 56.4 Å². The first kappa shape index (κ1) is 22.5. The number of aromatic nitrogens is 6. The lowest BCUT2D eigenvalue weighted by Crippen LogP contribution is -2.08. The van der Waals surface area contributed by atoms with Crippen LogP contribution in [0.15, 0.2) is 60.7 Å². The molecule has 0 atom stereocenters. The third kappa shape index (κ3) is 4.42. The van der Waals surface area contributed by atoms with Crippen LogP contribution in [0.1, 0.15) is 47.1 Å². The van der Waals surface area contributed by atoms with Gasteiger partial charge in [0.1, 0.15) is 5.82 Å². The number of aromatic amines is 1. The molecule has 176 valence electrons. The summed E-state index contributed by atoms with van der Waals surface area (Å²) >= 11 is 0. The Morgan fingerprint density at radius 1 is 1.06 bits per heavy atom. The fraction of sp³-hybridized carbons (Fsp3) is 0.222. The van der Waals surface area contributed by atoms with Gasteiger partial charge in [0.25, 0.3) is 0 Å². The van der Waals surface area contributed by atoms with Crippen molar-refractivity contribution in [3.8, 4) is 22.5 Å². The van der Waals surface area contributed by atoms with Gasteiger partial charge in [-0.1, -0.05) is 61.9 Å². The van der Waals surface area contributed by atoms with E-state index >= 15 is 0 Å². The summed E-state index contributed by atoms with van der Waals surface area (Å²) in [6, 6.07) is 19.9. The monoisotopic (exact) mass is 466 g/mol. The minimum atomic E-state index is -0.935. The Morgan fingerprint density at radius 2 is 1.83 bits per heavy atom. The average molecular weight is 467 g/mol. The Balaban J connectivity index is 1.53. The number of hydrogen-bond donors (Lipinski definition) is 2. The molecule has 0 fully saturated rings. The van der Waals surface area contributed by atoms with Gasteiger partial charge in [-0.15, -0.1) is 10.2 Å². The normalized spacial score (nSPS) is 11.3. The number of nitrogens with zero attached hydrogens (tertiary/aromatic N) is 5. The van der Waals surface area contributed by atoms with E-state index in [1.807, 2.05) is 37.3 Å². The fourth-order valence-electron chi connectivity index (χ4n) is 4.49. The third-order valence-electron chi connectivity index (χ3n) is 6.17. The van der Waals surface area contributed by atoms with Crippen molar-refractivity contribution in [3.05, 3.63) is 83.2 Å². The number of imidazole rings is 1. The molecule has 2 N–H and O–H groups in total. The summed E-state index contributed by atoms with van der Waals surface area (Å²) in [7, 11) is 0. The molecule has 0 saturated heterocycles. The smallest absolute Gasteiger partial charge is 0.337 e. The molecule has 35 heavy (non-hydrogen) atoms. The Kier molecular flexibility index (Phi) is 6.10. The minimum absolute atomic E-state index is 0.293. The molecule has 3 aromatic carbocycles. The van der Waals surface area contributed by atoms with Gasteiger partial charge in [-0.3, -0.25) is 0 Å². The SMILES string of the molecule is CCCCc1nc2cc(C)cc(C(=O)O)c2n1Cc1ccc(-c2ccccc2-c2nn[nH]n2)cc1. The number of aryl methyl sites for hydroxylation is 2. The van der Waals surface area contributed by atoms with Crippen LogP contribution in [0.4, 0.5) is 0 Å². The van der Waals surface area contributed by atoms with Crippen molar-refractivity contribution in [1.29, 1.82) is 0 Å². The number of carboxylic acids is 1. The second-order valence-electron chi connectivity index (χ2n) is 8.68. The van der Waals surface area contributed by atoms with E-state index in [4.69, 9.17) is 4.98 Å². The van der Waals surface area contributed by atoms with Crippen LogP contribution in [-0.4, -0.2) is 41.3 Å². The highest BCUT2D eigenvalue weighted by molar-refractivity contribution is 6.01. The number of carbonyl (C=O) groups is 1. The number of nitrogens with one attached hydrogen (secondary N) is 1.